The molecule has 2 rings (SSSR count). The highest BCUT2D eigenvalue weighted by atomic mass is 16.5. The summed E-state index contributed by atoms with van der Waals surface area (Å²) in [4.78, 5) is 0. The molecule has 5 heteroatoms. The molecule has 84 valence electrons. The molecular formula is C10H18N4O. The maximum atomic E-state index is 5.77. The molecule has 1 heterocycles. The second-order valence-corrected chi connectivity index (χ2v) is 4.04. The topological polar surface area (TPSA) is 66.0 Å². The minimum atomic E-state index is 0.458. The molecule has 0 radical (unpaired) electrons. The molecule has 0 saturated heterocycles. The summed E-state index contributed by atoms with van der Waals surface area (Å²) < 4.78 is 7.49. The fourth-order valence-electron chi connectivity index (χ4n) is 1.97. The van der Waals surface area contributed by atoms with E-state index in [0.29, 0.717) is 18.5 Å². The van der Waals surface area contributed by atoms with Crippen LogP contribution in [0.1, 0.15) is 32.1 Å². The Hall–Kier alpha value is -1.10. The Morgan fingerprint density at radius 2 is 2.20 bits per heavy atom. The summed E-state index contributed by atoms with van der Waals surface area (Å²) in [6, 6.07) is 0. The van der Waals surface area contributed by atoms with Crippen LogP contribution in [0.3, 0.4) is 0 Å². The molecule has 0 atom stereocenters. The van der Waals surface area contributed by atoms with Crippen LogP contribution in [0, 0.1) is 0 Å². The van der Waals surface area contributed by atoms with Gasteiger partial charge in [-0.15, -0.1) is 5.10 Å². The van der Waals surface area contributed by atoms with Gasteiger partial charge in [0.15, 0.2) is 5.82 Å². The van der Waals surface area contributed by atoms with Crippen LogP contribution in [0.25, 0.3) is 0 Å². The number of hydrogen-bond donors (Lipinski definition) is 1. The molecule has 0 unspecified atom stereocenters. The van der Waals surface area contributed by atoms with E-state index in [2.05, 4.69) is 10.3 Å². The lowest BCUT2D eigenvalue weighted by Crippen LogP contribution is -2.19. The van der Waals surface area contributed by atoms with Gasteiger partial charge < -0.3 is 10.5 Å². The van der Waals surface area contributed by atoms with Crippen LogP contribution in [0.5, 0.6) is 0 Å². The SMILES string of the molecule is Nc1cn(CCOC2CCCCC2)nn1. The van der Waals surface area contributed by atoms with E-state index in [9.17, 15) is 0 Å². The van der Waals surface area contributed by atoms with Gasteiger partial charge in [-0.1, -0.05) is 24.5 Å². The second kappa shape index (κ2) is 5.11. The molecule has 1 saturated carbocycles. The van der Waals surface area contributed by atoms with Crippen LogP contribution in [-0.2, 0) is 11.3 Å². The van der Waals surface area contributed by atoms with Gasteiger partial charge in [-0.25, -0.2) is 4.68 Å². The zero-order valence-corrected chi connectivity index (χ0v) is 8.93. The molecule has 5 nitrogen and oxygen atoms in total. The van der Waals surface area contributed by atoms with Crippen molar-refractivity contribution in [3.05, 3.63) is 6.20 Å². The van der Waals surface area contributed by atoms with E-state index < -0.39 is 0 Å². The standard InChI is InChI=1S/C10H18N4O/c11-10-8-14(13-12-10)6-7-15-9-4-2-1-3-5-9/h8-9H,1-7,11H2. The van der Waals surface area contributed by atoms with Gasteiger partial charge in [0.1, 0.15) is 0 Å². The van der Waals surface area contributed by atoms with Crippen LogP contribution in [0.4, 0.5) is 5.82 Å². The lowest BCUT2D eigenvalue weighted by molar-refractivity contribution is 0.0227. The number of rotatable bonds is 4. The lowest BCUT2D eigenvalue weighted by Gasteiger charge is -2.21. The third kappa shape index (κ3) is 3.20. The third-order valence-electron chi connectivity index (χ3n) is 2.78. The Bertz CT molecular complexity index is 293. The fourth-order valence-corrected chi connectivity index (χ4v) is 1.97. The first kappa shape index (κ1) is 10.4. The van der Waals surface area contributed by atoms with E-state index in [1.807, 2.05) is 0 Å². The number of aromatic nitrogens is 3. The van der Waals surface area contributed by atoms with Crippen molar-refractivity contribution in [2.24, 2.45) is 0 Å². The highest BCUT2D eigenvalue weighted by molar-refractivity contribution is 5.19. The first-order valence-electron chi connectivity index (χ1n) is 5.62. The summed E-state index contributed by atoms with van der Waals surface area (Å²) in [6.07, 6.45) is 8.57. The molecule has 2 N–H and O–H groups in total. The Kier molecular flexibility index (Phi) is 3.55. The Labute approximate surface area is 89.6 Å². The van der Waals surface area contributed by atoms with Gasteiger partial charge in [0.05, 0.1) is 25.5 Å². The molecule has 1 aromatic rings. The van der Waals surface area contributed by atoms with Crippen molar-refractivity contribution >= 4 is 5.82 Å². The summed E-state index contributed by atoms with van der Waals surface area (Å²) >= 11 is 0. The van der Waals surface area contributed by atoms with Crippen molar-refractivity contribution in [3.8, 4) is 0 Å². The fraction of sp³-hybridized carbons (Fsp3) is 0.800. The molecule has 0 spiro atoms. The summed E-state index contributed by atoms with van der Waals surface area (Å²) in [7, 11) is 0. The maximum absolute atomic E-state index is 5.77. The van der Waals surface area contributed by atoms with Gasteiger partial charge in [-0.3, -0.25) is 0 Å². The van der Waals surface area contributed by atoms with Crippen LogP contribution >= 0.6 is 0 Å². The average molecular weight is 210 g/mol. The predicted octanol–water partition coefficient (Wildman–Crippen LogP) is 1.21. The smallest absolute Gasteiger partial charge is 0.165 e. The molecule has 1 aromatic heterocycles. The molecule has 1 aliphatic rings. The van der Waals surface area contributed by atoms with Crippen molar-refractivity contribution < 1.29 is 4.74 Å². The van der Waals surface area contributed by atoms with Crippen molar-refractivity contribution in [3.63, 3.8) is 0 Å². The number of hydrogen-bond acceptors (Lipinski definition) is 4. The monoisotopic (exact) mass is 210 g/mol. The number of ether oxygens (including phenoxy) is 1. The molecule has 15 heavy (non-hydrogen) atoms. The normalized spacial score (nSPS) is 18.1. The molecule has 0 aliphatic heterocycles. The Morgan fingerprint density at radius 3 is 2.87 bits per heavy atom. The molecule has 1 fully saturated rings. The summed E-state index contributed by atoms with van der Waals surface area (Å²) in [6.45, 7) is 1.44. The Balaban J connectivity index is 1.65. The maximum Gasteiger partial charge on any atom is 0.165 e. The summed E-state index contributed by atoms with van der Waals surface area (Å²) in [5.74, 6) is 0.465. The van der Waals surface area contributed by atoms with Gasteiger partial charge >= 0.3 is 0 Å². The predicted molar refractivity (Wildman–Crippen MR) is 57.3 cm³/mol. The van der Waals surface area contributed by atoms with Crippen molar-refractivity contribution in [2.75, 3.05) is 12.3 Å². The zero-order chi connectivity index (χ0) is 10.5. The largest absolute Gasteiger partial charge is 0.381 e. The summed E-state index contributed by atoms with van der Waals surface area (Å²) in [5, 5.41) is 7.58. The van der Waals surface area contributed by atoms with Crippen LogP contribution in [-0.4, -0.2) is 27.7 Å². The number of nitrogen functional groups attached to an aromatic ring is 1. The van der Waals surface area contributed by atoms with Gasteiger partial charge in [0.25, 0.3) is 0 Å². The van der Waals surface area contributed by atoms with Gasteiger partial charge in [0.2, 0.25) is 0 Å². The van der Waals surface area contributed by atoms with E-state index >= 15 is 0 Å². The van der Waals surface area contributed by atoms with Gasteiger partial charge in [-0.05, 0) is 12.8 Å². The first-order chi connectivity index (χ1) is 7.34. The quantitative estimate of drug-likeness (QED) is 0.811. The lowest BCUT2D eigenvalue weighted by atomic mass is 9.98. The minimum absolute atomic E-state index is 0.458. The minimum Gasteiger partial charge on any atom is -0.381 e. The van der Waals surface area contributed by atoms with Crippen molar-refractivity contribution in [2.45, 2.75) is 44.8 Å². The van der Waals surface area contributed by atoms with E-state index in [1.165, 1.54) is 32.1 Å². The van der Waals surface area contributed by atoms with Crippen LogP contribution in [0.15, 0.2) is 6.20 Å². The third-order valence-corrected chi connectivity index (χ3v) is 2.78. The second-order valence-electron chi connectivity index (χ2n) is 4.04. The number of anilines is 1. The van der Waals surface area contributed by atoms with E-state index in [1.54, 1.807) is 10.9 Å². The van der Waals surface area contributed by atoms with E-state index in [-0.39, 0.29) is 0 Å². The van der Waals surface area contributed by atoms with E-state index in [0.717, 1.165) is 6.54 Å². The molecule has 0 aromatic carbocycles. The van der Waals surface area contributed by atoms with Gasteiger partial charge in [0, 0.05) is 0 Å². The molecule has 0 amide bonds. The Morgan fingerprint density at radius 1 is 1.40 bits per heavy atom. The molecular weight excluding hydrogens is 192 g/mol. The van der Waals surface area contributed by atoms with E-state index in [4.69, 9.17) is 10.5 Å². The van der Waals surface area contributed by atoms with Crippen LogP contribution in [0.2, 0.25) is 0 Å². The summed E-state index contributed by atoms with van der Waals surface area (Å²) in [5.41, 5.74) is 5.46. The highest BCUT2D eigenvalue weighted by Gasteiger charge is 2.13. The number of nitrogens with zero attached hydrogens (tertiary/aromatic N) is 3. The zero-order valence-electron chi connectivity index (χ0n) is 8.93. The molecule has 0 bridgehead atoms. The van der Waals surface area contributed by atoms with Gasteiger partial charge in [-0.2, -0.15) is 0 Å². The average Bonchev–Trinajstić information content (AvgIpc) is 2.66. The molecule has 1 aliphatic carbocycles. The van der Waals surface area contributed by atoms with Crippen LogP contribution < -0.4 is 5.73 Å². The number of nitrogens with two attached hydrogens (primary N) is 1. The first-order valence-corrected chi connectivity index (χ1v) is 5.62. The van der Waals surface area contributed by atoms with Crippen molar-refractivity contribution in [1.82, 2.24) is 15.0 Å². The highest BCUT2D eigenvalue weighted by Crippen LogP contribution is 2.20. The van der Waals surface area contributed by atoms with Crippen molar-refractivity contribution in [1.29, 1.82) is 0 Å².